The van der Waals surface area contributed by atoms with Crippen LogP contribution in [0.15, 0.2) is 24.5 Å². The zero-order chi connectivity index (χ0) is 9.68. The number of nitrogens with zero attached hydrogens (tertiary/aromatic N) is 1. The maximum absolute atomic E-state index is 8.86. The largest absolute Gasteiger partial charge is 0.395 e. The maximum Gasteiger partial charge on any atom is 0.0582 e. The first kappa shape index (κ1) is 10.2. The van der Waals surface area contributed by atoms with Crippen molar-refractivity contribution in [1.82, 2.24) is 10.3 Å². The fourth-order valence-corrected chi connectivity index (χ4v) is 1.23. The lowest BCUT2D eigenvalue weighted by molar-refractivity contribution is 0.243. The van der Waals surface area contributed by atoms with Crippen molar-refractivity contribution in [1.29, 1.82) is 0 Å². The van der Waals surface area contributed by atoms with Crippen LogP contribution < -0.4 is 5.32 Å². The van der Waals surface area contributed by atoms with Crippen LogP contribution in [0, 0.1) is 0 Å². The Balaban J connectivity index is 2.53. The molecule has 2 N–H and O–H groups in total. The summed E-state index contributed by atoms with van der Waals surface area (Å²) in [5.74, 6) is 0. The third-order valence-corrected chi connectivity index (χ3v) is 2.01. The van der Waals surface area contributed by atoms with Gasteiger partial charge in [0.05, 0.1) is 6.61 Å². The lowest BCUT2D eigenvalue weighted by Gasteiger charge is -2.18. The molecule has 1 heterocycles. The molecule has 2 atom stereocenters. The van der Waals surface area contributed by atoms with Crippen molar-refractivity contribution in [2.24, 2.45) is 0 Å². The Morgan fingerprint density at radius 2 is 2.00 bits per heavy atom. The molecular formula is C10H16N2O. The Labute approximate surface area is 78.8 Å². The summed E-state index contributed by atoms with van der Waals surface area (Å²) in [7, 11) is 0. The lowest BCUT2D eigenvalue weighted by atomic mass is 10.1. The van der Waals surface area contributed by atoms with Gasteiger partial charge in [-0.15, -0.1) is 0 Å². The Morgan fingerprint density at radius 3 is 2.54 bits per heavy atom. The normalized spacial score (nSPS) is 15.3. The Kier molecular flexibility index (Phi) is 3.86. The van der Waals surface area contributed by atoms with E-state index in [0.717, 1.165) is 0 Å². The summed E-state index contributed by atoms with van der Waals surface area (Å²) in [4.78, 5) is 3.95. The molecule has 2 unspecified atom stereocenters. The number of rotatable bonds is 4. The number of aliphatic hydroxyl groups excluding tert-OH is 1. The summed E-state index contributed by atoms with van der Waals surface area (Å²) >= 11 is 0. The van der Waals surface area contributed by atoms with E-state index >= 15 is 0 Å². The third-order valence-electron chi connectivity index (χ3n) is 2.01. The molecule has 0 amide bonds. The van der Waals surface area contributed by atoms with Gasteiger partial charge in [-0.25, -0.2) is 0 Å². The number of aromatic nitrogens is 1. The third kappa shape index (κ3) is 3.13. The minimum atomic E-state index is 0.128. The van der Waals surface area contributed by atoms with Gasteiger partial charge in [-0.1, -0.05) is 0 Å². The number of pyridine rings is 1. The quantitative estimate of drug-likeness (QED) is 0.729. The van der Waals surface area contributed by atoms with E-state index in [2.05, 4.69) is 17.2 Å². The predicted octanol–water partition coefficient (Wildman–Crippen LogP) is 1.11. The molecule has 0 aliphatic heterocycles. The van der Waals surface area contributed by atoms with Crippen molar-refractivity contribution in [3.63, 3.8) is 0 Å². The zero-order valence-electron chi connectivity index (χ0n) is 8.07. The van der Waals surface area contributed by atoms with Crippen molar-refractivity contribution < 1.29 is 5.11 Å². The van der Waals surface area contributed by atoms with E-state index in [-0.39, 0.29) is 18.7 Å². The molecule has 0 bridgehead atoms. The van der Waals surface area contributed by atoms with Crippen LogP contribution in [0.2, 0.25) is 0 Å². The predicted molar refractivity (Wildman–Crippen MR) is 52.3 cm³/mol. The Morgan fingerprint density at radius 1 is 1.38 bits per heavy atom. The average molecular weight is 180 g/mol. The smallest absolute Gasteiger partial charge is 0.0582 e. The topological polar surface area (TPSA) is 45.1 Å². The van der Waals surface area contributed by atoms with E-state index in [1.165, 1.54) is 5.56 Å². The van der Waals surface area contributed by atoms with Crippen LogP contribution >= 0.6 is 0 Å². The standard InChI is InChI=1S/C10H16N2O/c1-8(7-13)12-9(2)10-3-5-11-6-4-10/h3-6,8-9,12-13H,7H2,1-2H3. The second kappa shape index (κ2) is 4.94. The van der Waals surface area contributed by atoms with Crippen LogP contribution in [0.25, 0.3) is 0 Å². The van der Waals surface area contributed by atoms with Crippen LogP contribution in [0.5, 0.6) is 0 Å². The van der Waals surface area contributed by atoms with Gasteiger partial charge in [0, 0.05) is 24.5 Å². The minimum absolute atomic E-state index is 0.128. The van der Waals surface area contributed by atoms with Crippen LogP contribution in [-0.2, 0) is 0 Å². The van der Waals surface area contributed by atoms with Gasteiger partial charge in [-0.3, -0.25) is 4.98 Å². The first-order valence-electron chi connectivity index (χ1n) is 4.51. The first-order chi connectivity index (χ1) is 6.24. The first-order valence-corrected chi connectivity index (χ1v) is 4.51. The highest BCUT2D eigenvalue weighted by atomic mass is 16.3. The molecule has 1 aromatic heterocycles. The molecule has 0 spiro atoms. The summed E-state index contributed by atoms with van der Waals surface area (Å²) in [6.45, 7) is 4.19. The summed E-state index contributed by atoms with van der Waals surface area (Å²) in [6.07, 6.45) is 3.55. The number of aliphatic hydroxyl groups is 1. The molecule has 0 saturated heterocycles. The van der Waals surface area contributed by atoms with Gasteiger partial charge in [0.15, 0.2) is 0 Å². The Bertz CT molecular complexity index is 238. The zero-order valence-corrected chi connectivity index (χ0v) is 8.07. The van der Waals surface area contributed by atoms with Gasteiger partial charge in [-0.05, 0) is 31.5 Å². The second-order valence-corrected chi connectivity index (χ2v) is 3.25. The molecule has 0 saturated carbocycles. The van der Waals surface area contributed by atoms with E-state index in [0.29, 0.717) is 0 Å². The summed E-state index contributed by atoms with van der Waals surface area (Å²) in [5.41, 5.74) is 1.19. The highest BCUT2D eigenvalue weighted by Gasteiger charge is 2.07. The van der Waals surface area contributed by atoms with Gasteiger partial charge in [0.2, 0.25) is 0 Å². The fourth-order valence-electron chi connectivity index (χ4n) is 1.23. The van der Waals surface area contributed by atoms with Gasteiger partial charge in [0.1, 0.15) is 0 Å². The molecule has 0 fully saturated rings. The molecule has 0 aromatic carbocycles. The van der Waals surface area contributed by atoms with E-state index in [1.807, 2.05) is 19.1 Å². The van der Waals surface area contributed by atoms with Crippen LogP contribution in [0.1, 0.15) is 25.5 Å². The minimum Gasteiger partial charge on any atom is -0.395 e. The van der Waals surface area contributed by atoms with Crippen LogP contribution in [0.3, 0.4) is 0 Å². The van der Waals surface area contributed by atoms with Crippen LogP contribution in [0.4, 0.5) is 0 Å². The maximum atomic E-state index is 8.86. The fraction of sp³-hybridized carbons (Fsp3) is 0.500. The van der Waals surface area contributed by atoms with Gasteiger partial charge in [-0.2, -0.15) is 0 Å². The molecule has 0 aliphatic rings. The molecule has 1 aromatic rings. The van der Waals surface area contributed by atoms with E-state index in [4.69, 9.17) is 5.11 Å². The Hall–Kier alpha value is -0.930. The molecule has 3 nitrogen and oxygen atoms in total. The van der Waals surface area contributed by atoms with Gasteiger partial charge >= 0.3 is 0 Å². The van der Waals surface area contributed by atoms with E-state index < -0.39 is 0 Å². The van der Waals surface area contributed by atoms with Crippen molar-refractivity contribution >= 4 is 0 Å². The second-order valence-electron chi connectivity index (χ2n) is 3.25. The molecule has 72 valence electrons. The van der Waals surface area contributed by atoms with Crippen molar-refractivity contribution in [2.45, 2.75) is 25.9 Å². The highest BCUT2D eigenvalue weighted by Crippen LogP contribution is 2.10. The van der Waals surface area contributed by atoms with E-state index in [9.17, 15) is 0 Å². The highest BCUT2D eigenvalue weighted by molar-refractivity contribution is 5.13. The number of hydrogen-bond donors (Lipinski definition) is 2. The van der Waals surface area contributed by atoms with Crippen LogP contribution in [-0.4, -0.2) is 22.7 Å². The molecule has 13 heavy (non-hydrogen) atoms. The van der Waals surface area contributed by atoms with Crippen molar-refractivity contribution in [3.05, 3.63) is 30.1 Å². The average Bonchev–Trinajstić information content (AvgIpc) is 2.19. The molecule has 1 rings (SSSR count). The molecular weight excluding hydrogens is 164 g/mol. The van der Waals surface area contributed by atoms with Crippen molar-refractivity contribution in [3.8, 4) is 0 Å². The lowest BCUT2D eigenvalue weighted by Crippen LogP contribution is -2.31. The van der Waals surface area contributed by atoms with Gasteiger partial charge in [0.25, 0.3) is 0 Å². The SMILES string of the molecule is CC(CO)NC(C)c1ccncc1. The van der Waals surface area contributed by atoms with E-state index in [1.54, 1.807) is 12.4 Å². The number of nitrogens with one attached hydrogen (secondary N) is 1. The van der Waals surface area contributed by atoms with Crippen molar-refractivity contribution in [2.75, 3.05) is 6.61 Å². The monoisotopic (exact) mass is 180 g/mol. The summed E-state index contributed by atoms with van der Waals surface area (Å²) < 4.78 is 0. The summed E-state index contributed by atoms with van der Waals surface area (Å²) in [5, 5.41) is 12.1. The molecule has 3 heteroatoms. The molecule has 0 aliphatic carbocycles. The molecule has 0 radical (unpaired) electrons. The summed E-state index contributed by atoms with van der Waals surface area (Å²) in [6, 6.07) is 4.33. The van der Waals surface area contributed by atoms with Gasteiger partial charge < -0.3 is 10.4 Å². The number of hydrogen-bond acceptors (Lipinski definition) is 3.